The smallest absolute Gasteiger partial charge is 0.454 e. The topological polar surface area (TPSA) is 38.8 Å². The minimum absolute atomic E-state index is 0.170. The molecule has 0 aromatic heterocycles. The van der Waals surface area contributed by atoms with Crippen molar-refractivity contribution < 1.29 is 27.4 Å². The molecule has 0 spiro atoms. The summed E-state index contributed by atoms with van der Waals surface area (Å²) in [5.74, 6) is -1.38. The van der Waals surface area contributed by atoms with Crippen LogP contribution in [0.15, 0.2) is 18.2 Å². The number of hydrogen-bond donors (Lipinski definition) is 0. The highest BCUT2D eigenvalue weighted by Crippen LogP contribution is 2.53. The van der Waals surface area contributed by atoms with Crippen LogP contribution in [-0.2, 0) is 4.74 Å². The van der Waals surface area contributed by atoms with Crippen molar-refractivity contribution in [2.75, 3.05) is 0 Å². The van der Waals surface area contributed by atoms with Crippen LogP contribution in [-0.4, -0.2) is 23.7 Å². The standard InChI is InChI=1S/C13H11F3O3/c1-12(2)11-9(18-11)7-5-6(3-4-8(7)19-12)10(17)13(14,15)16/h3-5,9,11H,1-2H3. The van der Waals surface area contributed by atoms with Crippen molar-refractivity contribution in [2.45, 2.75) is 37.8 Å². The Kier molecular flexibility index (Phi) is 2.30. The third-order valence-electron chi connectivity index (χ3n) is 3.39. The molecular formula is C13H11F3O3. The van der Waals surface area contributed by atoms with Gasteiger partial charge in [0.25, 0.3) is 5.78 Å². The van der Waals surface area contributed by atoms with Gasteiger partial charge in [-0.25, -0.2) is 0 Å². The fourth-order valence-electron chi connectivity index (χ4n) is 2.39. The lowest BCUT2D eigenvalue weighted by atomic mass is 9.93. The summed E-state index contributed by atoms with van der Waals surface area (Å²) in [6, 6.07) is 3.74. The van der Waals surface area contributed by atoms with E-state index in [1.165, 1.54) is 12.1 Å². The van der Waals surface area contributed by atoms with E-state index >= 15 is 0 Å². The molecule has 19 heavy (non-hydrogen) atoms. The Hall–Kier alpha value is -1.56. The molecule has 1 fully saturated rings. The molecule has 1 aromatic carbocycles. The van der Waals surface area contributed by atoms with Crippen LogP contribution in [0.2, 0.25) is 0 Å². The molecule has 102 valence electrons. The predicted octanol–water partition coefficient (Wildman–Crippen LogP) is 3.04. The van der Waals surface area contributed by atoms with Crippen molar-refractivity contribution in [3.8, 4) is 5.75 Å². The van der Waals surface area contributed by atoms with Crippen LogP contribution in [0.4, 0.5) is 13.2 Å². The number of alkyl halides is 3. The molecular weight excluding hydrogens is 261 g/mol. The maximum Gasteiger partial charge on any atom is 0.454 e. The Bertz CT molecular complexity index is 563. The summed E-state index contributed by atoms with van der Waals surface area (Å²) < 4.78 is 48.3. The number of benzene rings is 1. The fraction of sp³-hybridized carbons (Fsp3) is 0.462. The number of carbonyl (C=O) groups is 1. The summed E-state index contributed by atoms with van der Waals surface area (Å²) in [6.45, 7) is 3.71. The van der Waals surface area contributed by atoms with Gasteiger partial charge in [-0.1, -0.05) is 0 Å². The van der Waals surface area contributed by atoms with Gasteiger partial charge in [-0.05, 0) is 32.0 Å². The second-order valence-corrected chi connectivity index (χ2v) is 5.26. The second kappa shape index (κ2) is 3.50. The number of hydrogen-bond acceptors (Lipinski definition) is 3. The molecule has 2 aliphatic rings. The average molecular weight is 272 g/mol. The highest BCUT2D eigenvalue weighted by Gasteiger charge is 2.57. The molecule has 0 amide bonds. The minimum atomic E-state index is -4.87. The van der Waals surface area contributed by atoms with Crippen molar-refractivity contribution in [3.63, 3.8) is 0 Å². The van der Waals surface area contributed by atoms with Gasteiger partial charge in [0.05, 0.1) is 0 Å². The van der Waals surface area contributed by atoms with Crippen LogP contribution < -0.4 is 4.74 Å². The average Bonchev–Trinajstić information content (AvgIpc) is 3.07. The Morgan fingerprint density at radius 3 is 2.63 bits per heavy atom. The molecule has 1 aromatic rings. The first-order chi connectivity index (χ1) is 8.70. The maximum atomic E-state index is 12.4. The molecule has 0 aliphatic carbocycles. The Labute approximate surface area is 107 Å². The fourth-order valence-corrected chi connectivity index (χ4v) is 2.39. The van der Waals surface area contributed by atoms with Gasteiger partial charge in [-0.2, -0.15) is 13.2 Å². The van der Waals surface area contributed by atoms with Crippen molar-refractivity contribution in [1.29, 1.82) is 0 Å². The maximum absolute atomic E-state index is 12.4. The van der Waals surface area contributed by atoms with E-state index in [2.05, 4.69) is 0 Å². The van der Waals surface area contributed by atoms with Gasteiger partial charge in [0.2, 0.25) is 0 Å². The van der Waals surface area contributed by atoms with Crippen LogP contribution in [0.5, 0.6) is 5.75 Å². The normalized spacial score (nSPS) is 27.0. The number of rotatable bonds is 1. The molecule has 6 heteroatoms. The number of carbonyl (C=O) groups excluding carboxylic acids is 1. The summed E-state index contributed by atoms with van der Waals surface area (Å²) in [7, 11) is 0. The Morgan fingerprint density at radius 2 is 2.00 bits per heavy atom. The second-order valence-electron chi connectivity index (χ2n) is 5.26. The van der Waals surface area contributed by atoms with Gasteiger partial charge in [0.15, 0.2) is 0 Å². The number of Topliss-reactive ketones (excluding diaryl/α,β-unsaturated/α-hetero) is 1. The van der Waals surface area contributed by atoms with Gasteiger partial charge >= 0.3 is 6.18 Å². The van der Waals surface area contributed by atoms with E-state index in [0.29, 0.717) is 11.3 Å². The Balaban J connectivity index is 1.99. The molecule has 0 radical (unpaired) electrons. The van der Waals surface area contributed by atoms with Gasteiger partial charge in [0, 0.05) is 11.1 Å². The van der Waals surface area contributed by atoms with Crippen LogP contribution >= 0.6 is 0 Å². The first-order valence-corrected chi connectivity index (χ1v) is 5.80. The van der Waals surface area contributed by atoms with Crippen molar-refractivity contribution in [2.24, 2.45) is 0 Å². The number of ether oxygens (including phenoxy) is 2. The van der Waals surface area contributed by atoms with Gasteiger partial charge in [-0.3, -0.25) is 4.79 Å². The summed E-state index contributed by atoms with van der Waals surface area (Å²) in [4.78, 5) is 11.2. The molecule has 2 heterocycles. The molecule has 2 unspecified atom stereocenters. The zero-order chi connectivity index (χ0) is 14.0. The van der Waals surface area contributed by atoms with Crippen LogP contribution in [0.25, 0.3) is 0 Å². The van der Waals surface area contributed by atoms with E-state index in [9.17, 15) is 18.0 Å². The molecule has 0 bridgehead atoms. The third-order valence-corrected chi connectivity index (χ3v) is 3.39. The largest absolute Gasteiger partial charge is 0.485 e. The zero-order valence-corrected chi connectivity index (χ0v) is 10.2. The van der Waals surface area contributed by atoms with Gasteiger partial charge in [-0.15, -0.1) is 0 Å². The number of epoxide rings is 1. The van der Waals surface area contributed by atoms with Gasteiger partial charge in [0.1, 0.15) is 23.6 Å². The molecule has 3 nitrogen and oxygen atoms in total. The summed E-state index contributed by atoms with van der Waals surface area (Å²) in [6.07, 6.45) is -5.32. The van der Waals surface area contributed by atoms with Crippen molar-refractivity contribution >= 4 is 5.78 Å². The molecule has 1 saturated heterocycles. The van der Waals surface area contributed by atoms with E-state index in [-0.39, 0.29) is 17.8 Å². The SMILES string of the molecule is CC1(C)Oc2ccc(C(=O)C(F)(F)F)cc2C2OC21. The third kappa shape index (κ3) is 1.90. The summed E-state index contributed by atoms with van der Waals surface area (Å²) in [5, 5.41) is 0. The van der Waals surface area contributed by atoms with E-state index in [4.69, 9.17) is 9.47 Å². The van der Waals surface area contributed by atoms with Crippen molar-refractivity contribution in [1.82, 2.24) is 0 Å². The van der Waals surface area contributed by atoms with Crippen molar-refractivity contribution in [3.05, 3.63) is 29.3 Å². The molecule has 0 saturated carbocycles. The van der Waals surface area contributed by atoms with Crippen LogP contribution in [0.1, 0.15) is 35.9 Å². The highest BCUT2D eigenvalue weighted by atomic mass is 19.4. The molecule has 0 N–H and O–H groups in total. The van der Waals surface area contributed by atoms with E-state index < -0.39 is 17.6 Å². The lowest BCUT2D eigenvalue weighted by Crippen LogP contribution is -2.37. The van der Waals surface area contributed by atoms with Gasteiger partial charge < -0.3 is 9.47 Å². The lowest BCUT2D eigenvalue weighted by molar-refractivity contribution is -0.0885. The Morgan fingerprint density at radius 1 is 1.32 bits per heavy atom. The van der Waals surface area contributed by atoms with Crippen LogP contribution in [0.3, 0.4) is 0 Å². The summed E-state index contributed by atoms with van der Waals surface area (Å²) in [5.41, 5.74) is -0.379. The number of halogens is 3. The monoisotopic (exact) mass is 272 g/mol. The molecule has 2 atom stereocenters. The van der Waals surface area contributed by atoms with E-state index in [0.717, 1.165) is 6.07 Å². The predicted molar refractivity (Wildman–Crippen MR) is 59.1 cm³/mol. The summed E-state index contributed by atoms with van der Waals surface area (Å²) >= 11 is 0. The highest BCUT2D eigenvalue weighted by molar-refractivity contribution is 6.00. The van der Waals surface area contributed by atoms with Crippen LogP contribution in [0, 0.1) is 0 Å². The molecule has 3 rings (SSSR count). The number of fused-ring (bicyclic) bond motifs is 3. The first kappa shape index (κ1) is 12.5. The minimum Gasteiger partial charge on any atom is -0.485 e. The quantitative estimate of drug-likeness (QED) is 0.582. The zero-order valence-electron chi connectivity index (χ0n) is 10.2. The van der Waals surface area contributed by atoms with E-state index in [1.807, 2.05) is 13.8 Å². The lowest BCUT2D eigenvalue weighted by Gasteiger charge is -2.29. The number of ketones is 1. The first-order valence-electron chi connectivity index (χ1n) is 5.80. The van der Waals surface area contributed by atoms with E-state index in [1.54, 1.807) is 0 Å². The molecule has 2 aliphatic heterocycles.